The van der Waals surface area contributed by atoms with Crippen LogP contribution in [0.15, 0.2) is 29.4 Å². The molecule has 1 atom stereocenters. The second kappa shape index (κ2) is 8.73. The van der Waals surface area contributed by atoms with Crippen LogP contribution >= 0.6 is 11.8 Å². The monoisotopic (exact) mass is 414 g/mol. The molecule has 1 unspecified atom stereocenters. The molecule has 1 saturated heterocycles. The van der Waals surface area contributed by atoms with Crippen molar-refractivity contribution in [2.45, 2.75) is 43.9 Å². The first-order valence-corrected chi connectivity index (χ1v) is 10.2. The first kappa shape index (κ1) is 21.0. The molecule has 0 amide bonds. The van der Waals surface area contributed by atoms with E-state index in [-0.39, 0.29) is 5.25 Å². The molecule has 2 heterocycles. The van der Waals surface area contributed by atoms with Crippen molar-refractivity contribution >= 4 is 17.7 Å². The van der Waals surface area contributed by atoms with E-state index in [2.05, 4.69) is 33.5 Å². The van der Waals surface area contributed by atoms with Crippen LogP contribution in [0.5, 0.6) is 0 Å². The van der Waals surface area contributed by atoms with E-state index in [0.29, 0.717) is 19.1 Å². The fourth-order valence-electron chi connectivity index (χ4n) is 3.06. The predicted molar refractivity (Wildman–Crippen MR) is 104 cm³/mol. The van der Waals surface area contributed by atoms with Crippen LogP contribution in [0.3, 0.4) is 0 Å². The summed E-state index contributed by atoms with van der Waals surface area (Å²) < 4.78 is 45.9. The molecule has 1 aromatic heterocycles. The molecule has 1 fully saturated rings. The highest BCUT2D eigenvalue weighted by Crippen LogP contribution is 2.37. The Kier molecular flexibility index (Phi) is 6.54. The molecule has 1 aliphatic heterocycles. The van der Waals surface area contributed by atoms with E-state index < -0.39 is 11.7 Å². The molecule has 28 heavy (non-hydrogen) atoms. The summed E-state index contributed by atoms with van der Waals surface area (Å²) in [4.78, 5) is 2.17. The number of rotatable bonds is 6. The lowest BCUT2D eigenvalue weighted by molar-refractivity contribution is -0.137. The Bertz CT molecular complexity index is 770. The first-order valence-electron chi connectivity index (χ1n) is 9.35. The van der Waals surface area contributed by atoms with Crippen molar-refractivity contribution in [2.24, 2.45) is 5.92 Å². The number of thioether (sulfide) groups is 1. The number of aromatic nitrogens is 3. The van der Waals surface area contributed by atoms with E-state index in [1.807, 2.05) is 6.92 Å². The Morgan fingerprint density at radius 2 is 1.71 bits per heavy atom. The van der Waals surface area contributed by atoms with Gasteiger partial charge in [0.25, 0.3) is 0 Å². The Labute approximate surface area is 167 Å². The molecule has 0 radical (unpaired) electrons. The van der Waals surface area contributed by atoms with E-state index in [1.54, 1.807) is 0 Å². The lowest BCUT2D eigenvalue weighted by atomic mass is 10.1. The predicted octanol–water partition coefficient (Wildman–Crippen LogP) is 4.64. The van der Waals surface area contributed by atoms with Gasteiger partial charge in [-0.2, -0.15) is 13.2 Å². The summed E-state index contributed by atoms with van der Waals surface area (Å²) >= 11 is 1.51. The maximum absolute atomic E-state index is 12.8. The highest BCUT2D eigenvalue weighted by molar-refractivity contribution is 7.99. The van der Waals surface area contributed by atoms with Crippen LogP contribution in [0.1, 0.15) is 37.1 Å². The van der Waals surface area contributed by atoms with Crippen molar-refractivity contribution in [2.75, 3.05) is 31.2 Å². The summed E-state index contributed by atoms with van der Waals surface area (Å²) in [6, 6.07) is 5.33. The minimum absolute atomic E-state index is 0.0464. The lowest BCUT2D eigenvalue weighted by Crippen LogP contribution is -2.38. The van der Waals surface area contributed by atoms with Crippen LogP contribution in [-0.4, -0.2) is 41.1 Å². The number of ether oxygens (including phenoxy) is 1. The van der Waals surface area contributed by atoms with Gasteiger partial charge in [-0.15, -0.1) is 10.2 Å². The van der Waals surface area contributed by atoms with Crippen molar-refractivity contribution in [3.8, 4) is 0 Å². The van der Waals surface area contributed by atoms with Crippen molar-refractivity contribution in [1.29, 1.82) is 0 Å². The highest BCUT2D eigenvalue weighted by Gasteiger charge is 2.30. The topological polar surface area (TPSA) is 43.2 Å². The van der Waals surface area contributed by atoms with Crippen molar-refractivity contribution in [3.63, 3.8) is 0 Å². The van der Waals surface area contributed by atoms with Gasteiger partial charge < -0.3 is 9.64 Å². The second-order valence-corrected chi connectivity index (χ2v) is 8.57. The molecule has 9 heteroatoms. The normalized spacial score (nSPS) is 16.6. The minimum Gasteiger partial charge on any atom is -0.378 e. The fraction of sp³-hybridized carbons (Fsp3) is 0.579. The number of hydrogen-bond donors (Lipinski definition) is 0. The summed E-state index contributed by atoms with van der Waals surface area (Å²) in [6.07, 6.45) is -4.32. The zero-order chi connectivity index (χ0) is 20.3. The average molecular weight is 414 g/mol. The van der Waals surface area contributed by atoms with Crippen molar-refractivity contribution in [1.82, 2.24) is 14.8 Å². The minimum atomic E-state index is -4.32. The molecule has 0 spiro atoms. The molecular formula is C19H25F3N4OS. The summed E-state index contributed by atoms with van der Waals surface area (Å²) in [5.74, 6) is 1.25. The molecule has 0 aliphatic carbocycles. The molecule has 1 aliphatic rings. The molecule has 0 saturated carbocycles. The Balaban J connectivity index is 1.79. The second-order valence-electron chi connectivity index (χ2n) is 7.27. The maximum atomic E-state index is 12.8. The largest absolute Gasteiger partial charge is 0.416 e. The molecule has 0 N–H and O–H groups in total. The summed E-state index contributed by atoms with van der Waals surface area (Å²) in [5, 5.41) is 9.51. The van der Waals surface area contributed by atoms with Gasteiger partial charge in [-0.3, -0.25) is 4.57 Å². The Morgan fingerprint density at radius 1 is 1.07 bits per heavy atom. The number of anilines is 1. The van der Waals surface area contributed by atoms with Gasteiger partial charge in [-0.25, -0.2) is 0 Å². The Hall–Kier alpha value is -1.74. The standard InChI is InChI=1S/C19H25F3N4OS/c1-13(2)12-26-17(25-8-10-27-11-9-25)23-24-18(26)28-14(3)15-4-6-16(7-5-15)19(20,21)22/h4-7,13-14H,8-12H2,1-3H3. The van der Waals surface area contributed by atoms with Gasteiger partial charge in [0.1, 0.15) is 0 Å². The van der Waals surface area contributed by atoms with Gasteiger partial charge >= 0.3 is 6.18 Å². The van der Waals surface area contributed by atoms with E-state index in [1.165, 1.54) is 23.9 Å². The molecule has 154 valence electrons. The third kappa shape index (κ3) is 5.00. The molecular weight excluding hydrogens is 389 g/mol. The first-order chi connectivity index (χ1) is 13.3. The van der Waals surface area contributed by atoms with Crippen LogP contribution in [-0.2, 0) is 17.5 Å². The van der Waals surface area contributed by atoms with Gasteiger partial charge in [0, 0.05) is 24.9 Å². The van der Waals surface area contributed by atoms with Gasteiger partial charge in [-0.05, 0) is 30.5 Å². The SMILES string of the molecule is CC(C)Cn1c(SC(C)c2ccc(C(F)(F)F)cc2)nnc1N1CCOCC1. The Morgan fingerprint density at radius 3 is 2.29 bits per heavy atom. The number of halogens is 3. The fourth-order valence-corrected chi connectivity index (χ4v) is 4.04. The van der Waals surface area contributed by atoms with Crippen LogP contribution in [0, 0.1) is 5.92 Å². The smallest absolute Gasteiger partial charge is 0.378 e. The lowest BCUT2D eigenvalue weighted by Gasteiger charge is -2.28. The van der Waals surface area contributed by atoms with E-state index in [9.17, 15) is 13.2 Å². The molecule has 2 aromatic rings. The number of benzene rings is 1. The van der Waals surface area contributed by atoms with E-state index in [0.717, 1.165) is 48.4 Å². The molecule has 5 nitrogen and oxygen atoms in total. The maximum Gasteiger partial charge on any atom is 0.416 e. The molecule has 3 rings (SSSR count). The third-order valence-electron chi connectivity index (χ3n) is 4.53. The van der Waals surface area contributed by atoms with Crippen LogP contribution in [0.25, 0.3) is 0 Å². The molecule has 0 bridgehead atoms. The van der Waals surface area contributed by atoms with E-state index in [4.69, 9.17) is 4.74 Å². The van der Waals surface area contributed by atoms with Gasteiger partial charge in [0.2, 0.25) is 5.95 Å². The van der Waals surface area contributed by atoms with E-state index >= 15 is 0 Å². The van der Waals surface area contributed by atoms with Crippen molar-refractivity contribution < 1.29 is 17.9 Å². The summed E-state index contributed by atoms with van der Waals surface area (Å²) in [7, 11) is 0. The van der Waals surface area contributed by atoms with Crippen LogP contribution in [0.4, 0.5) is 19.1 Å². The number of alkyl halides is 3. The third-order valence-corrected chi connectivity index (χ3v) is 5.67. The zero-order valence-corrected chi connectivity index (χ0v) is 17.1. The number of nitrogens with zero attached hydrogens (tertiary/aromatic N) is 4. The molecule has 1 aromatic carbocycles. The number of hydrogen-bond acceptors (Lipinski definition) is 5. The van der Waals surface area contributed by atoms with Gasteiger partial charge in [0.15, 0.2) is 5.16 Å². The van der Waals surface area contributed by atoms with Crippen LogP contribution in [0.2, 0.25) is 0 Å². The highest BCUT2D eigenvalue weighted by atomic mass is 32.2. The summed E-state index contributed by atoms with van der Waals surface area (Å²) in [5.41, 5.74) is 0.191. The summed E-state index contributed by atoms with van der Waals surface area (Å²) in [6.45, 7) is 9.90. The zero-order valence-electron chi connectivity index (χ0n) is 16.2. The quantitative estimate of drug-likeness (QED) is 0.644. The average Bonchev–Trinajstić information content (AvgIpc) is 3.03. The van der Waals surface area contributed by atoms with Gasteiger partial charge in [0.05, 0.1) is 18.8 Å². The number of morpholine rings is 1. The van der Waals surface area contributed by atoms with Gasteiger partial charge in [-0.1, -0.05) is 37.7 Å². The van der Waals surface area contributed by atoms with Crippen molar-refractivity contribution in [3.05, 3.63) is 35.4 Å². The van der Waals surface area contributed by atoms with Crippen LogP contribution < -0.4 is 4.90 Å².